The standard InChI is InChI=1S/C13H14N6S2/c1-7-5-8(2)16-13(15-7)21-6-10-17-11(19-14)9-3-4-20-12(9)18-10/h3-5H,6,14H2,1-2H3,(H,17,18,19). The van der Waals surface area contributed by atoms with Crippen molar-refractivity contribution < 1.29 is 0 Å². The van der Waals surface area contributed by atoms with E-state index in [-0.39, 0.29) is 0 Å². The first-order chi connectivity index (χ1) is 10.2. The van der Waals surface area contributed by atoms with Crippen LogP contribution >= 0.6 is 23.1 Å². The van der Waals surface area contributed by atoms with Crippen molar-refractivity contribution in [2.24, 2.45) is 5.84 Å². The van der Waals surface area contributed by atoms with Gasteiger partial charge < -0.3 is 5.43 Å². The number of hydrogen-bond donors (Lipinski definition) is 2. The van der Waals surface area contributed by atoms with Gasteiger partial charge in [0.05, 0.1) is 11.1 Å². The zero-order valence-electron chi connectivity index (χ0n) is 11.6. The summed E-state index contributed by atoms with van der Waals surface area (Å²) in [5, 5.41) is 3.66. The highest BCUT2D eigenvalue weighted by atomic mass is 32.2. The summed E-state index contributed by atoms with van der Waals surface area (Å²) >= 11 is 3.09. The smallest absolute Gasteiger partial charge is 0.188 e. The van der Waals surface area contributed by atoms with E-state index in [0.717, 1.165) is 26.8 Å². The van der Waals surface area contributed by atoms with Gasteiger partial charge in [-0.05, 0) is 31.4 Å². The van der Waals surface area contributed by atoms with E-state index in [1.54, 1.807) is 11.3 Å². The Balaban J connectivity index is 1.84. The summed E-state index contributed by atoms with van der Waals surface area (Å²) in [6, 6.07) is 3.91. The number of rotatable bonds is 4. The van der Waals surface area contributed by atoms with Gasteiger partial charge in [0, 0.05) is 11.4 Å². The predicted octanol–water partition coefficient (Wildman–Crippen LogP) is 2.68. The van der Waals surface area contributed by atoms with Crippen molar-refractivity contribution in [1.29, 1.82) is 0 Å². The largest absolute Gasteiger partial charge is 0.308 e. The van der Waals surface area contributed by atoms with Gasteiger partial charge in [0.15, 0.2) is 11.0 Å². The third-order valence-electron chi connectivity index (χ3n) is 2.80. The summed E-state index contributed by atoms with van der Waals surface area (Å²) in [6.07, 6.45) is 0. The van der Waals surface area contributed by atoms with Crippen LogP contribution in [0.3, 0.4) is 0 Å². The van der Waals surface area contributed by atoms with Crippen molar-refractivity contribution in [2.45, 2.75) is 24.8 Å². The Morgan fingerprint density at radius 1 is 1.19 bits per heavy atom. The average Bonchev–Trinajstić information content (AvgIpc) is 2.91. The Kier molecular flexibility index (Phi) is 4.00. The molecule has 0 spiro atoms. The Morgan fingerprint density at radius 2 is 1.95 bits per heavy atom. The van der Waals surface area contributed by atoms with Crippen LogP contribution in [0.4, 0.5) is 5.82 Å². The maximum Gasteiger partial charge on any atom is 0.188 e. The zero-order chi connectivity index (χ0) is 14.8. The van der Waals surface area contributed by atoms with Crippen LogP contribution in [0.25, 0.3) is 10.2 Å². The van der Waals surface area contributed by atoms with E-state index in [1.165, 1.54) is 11.8 Å². The minimum Gasteiger partial charge on any atom is -0.308 e. The lowest BCUT2D eigenvalue weighted by Crippen LogP contribution is -2.10. The van der Waals surface area contributed by atoms with E-state index in [9.17, 15) is 0 Å². The van der Waals surface area contributed by atoms with Crippen LogP contribution in [0.15, 0.2) is 22.7 Å². The van der Waals surface area contributed by atoms with Crippen molar-refractivity contribution >= 4 is 39.1 Å². The number of nitrogen functional groups attached to an aromatic ring is 1. The summed E-state index contributed by atoms with van der Waals surface area (Å²) < 4.78 is 0. The molecule has 3 aromatic heterocycles. The van der Waals surface area contributed by atoms with E-state index in [1.807, 2.05) is 31.4 Å². The SMILES string of the molecule is Cc1cc(C)nc(SCc2nc(NN)c3ccsc3n2)n1. The molecule has 0 aliphatic heterocycles. The number of thiophene rings is 1. The second-order valence-electron chi connectivity index (χ2n) is 4.49. The van der Waals surface area contributed by atoms with Gasteiger partial charge in [-0.15, -0.1) is 11.3 Å². The number of hydrazine groups is 1. The molecule has 0 aliphatic rings. The summed E-state index contributed by atoms with van der Waals surface area (Å²) in [5.74, 6) is 7.49. The molecule has 0 atom stereocenters. The number of nitrogens with two attached hydrogens (primary N) is 1. The van der Waals surface area contributed by atoms with Gasteiger partial charge in [0.25, 0.3) is 0 Å². The fourth-order valence-corrected chi connectivity index (χ4v) is 3.55. The average molecular weight is 318 g/mol. The maximum atomic E-state index is 5.52. The van der Waals surface area contributed by atoms with Crippen molar-refractivity contribution in [1.82, 2.24) is 19.9 Å². The molecule has 3 heterocycles. The van der Waals surface area contributed by atoms with Crippen LogP contribution in [0.5, 0.6) is 0 Å². The summed E-state index contributed by atoms with van der Waals surface area (Å²) in [6.45, 7) is 3.92. The molecule has 0 saturated heterocycles. The Labute approximate surface area is 130 Å². The van der Waals surface area contributed by atoms with Gasteiger partial charge in [-0.3, -0.25) is 0 Å². The Hall–Kier alpha value is -1.77. The minimum atomic E-state index is 0.603. The molecule has 0 aromatic carbocycles. The molecule has 0 saturated carbocycles. The molecule has 108 valence electrons. The first kappa shape index (κ1) is 14.2. The number of anilines is 1. The number of fused-ring (bicyclic) bond motifs is 1. The van der Waals surface area contributed by atoms with Gasteiger partial charge in [0.2, 0.25) is 0 Å². The lowest BCUT2D eigenvalue weighted by atomic mass is 10.4. The highest BCUT2D eigenvalue weighted by Gasteiger charge is 2.09. The van der Waals surface area contributed by atoms with Crippen molar-refractivity contribution in [2.75, 3.05) is 5.43 Å². The molecule has 3 rings (SSSR count). The van der Waals surface area contributed by atoms with Gasteiger partial charge in [0.1, 0.15) is 10.7 Å². The number of nitrogens with zero attached hydrogens (tertiary/aromatic N) is 4. The van der Waals surface area contributed by atoms with Crippen LogP contribution < -0.4 is 11.3 Å². The number of aromatic nitrogens is 4. The van der Waals surface area contributed by atoms with Crippen molar-refractivity contribution in [3.05, 3.63) is 34.7 Å². The van der Waals surface area contributed by atoms with E-state index < -0.39 is 0 Å². The first-order valence-corrected chi connectivity index (χ1v) is 8.18. The molecule has 3 aromatic rings. The third-order valence-corrected chi connectivity index (χ3v) is 4.45. The fraction of sp³-hybridized carbons (Fsp3) is 0.231. The van der Waals surface area contributed by atoms with Gasteiger partial charge in [-0.25, -0.2) is 25.8 Å². The van der Waals surface area contributed by atoms with Crippen LogP contribution in [0.2, 0.25) is 0 Å². The number of hydrogen-bond acceptors (Lipinski definition) is 8. The van der Waals surface area contributed by atoms with Gasteiger partial charge >= 0.3 is 0 Å². The summed E-state index contributed by atoms with van der Waals surface area (Å²) in [4.78, 5) is 18.7. The normalized spacial score (nSPS) is 11.0. The lowest BCUT2D eigenvalue weighted by molar-refractivity contribution is 0.899. The van der Waals surface area contributed by atoms with Gasteiger partial charge in [-0.1, -0.05) is 11.8 Å². The molecule has 0 aliphatic carbocycles. The first-order valence-electron chi connectivity index (χ1n) is 6.31. The topological polar surface area (TPSA) is 89.6 Å². The molecule has 0 fully saturated rings. The molecule has 0 radical (unpaired) electrons. The van der Waals surface area contributed by atoms with Crippen LogP contribution in [0, 0.1) is 13.8 Å². The molecule has 6 nitrogen and oxygen atoms in total. The lowest BCUT2D eigenvalue weighted by Gasteiger charge is -2.05. The molecule has 0 amide bonds. The van der Waals surface area contributed by atoms with Crippen LogP contribution in [-0.2, 0) is 5.75 Å². The number of aryl methyl sites for hydroxylation is 2. The monoisotopic (exact) mass is 318 g/mol. The van der Waals surface area contributed by atoms with E-state index in [0.29, 0.717) is 17.4 Å². The number of nitrogens with one attached hydrogen (secondary N) is 1. The summed E-state index contributed by atoms with van der Waals surface area (Å²) in [7, 11) is 0. The highest BCUT2D eigenvalue weighted by Crippen LogP contribution is 2.26. The molecular formula is C13H14N6S2. The molecule has 0 bridgehead atoms. The minimum absolute atomic E-state index is 0.603. The second kappa shape index (κ2) is 5.92. The Morgan fingerprint density at radius 3 is 2.67 bits per heavy atom. The summed E-state index contributed by atoms with van der Waals surface area (Å²) in [5.41, 5.74) is 4.55. The quantitative estimate of drug-likeness (QED) is 0.331. The second-order valence-corrected chi connectivity index (χ2v) is 6.33. The van der Waals surface area contributed by atoms with Crippen LogP contribution in [-0.4, -0.2) is 19.9 Å². The van der Waals surface area contributed by atoms with E-state index in [2.05, 4.69) is 25.4 Å². The molecule has 21 heavy (non-hydrogen) atoms. The number of thioether (sulfide) groups is 1. The maximum absolute atomic E-state index is 5.52. The predicted molar refractivity (Wildman–Crippen MR) is 86.3 cm³/mol. The molecule has 3 N–H and O–H groups in total. The van der Waals surface area contributed by atoms with E-state index in [4.69, 9.17) is 5.84 Å². The van der Waals surface area contributed by atoms with Crippen LogP contribution in [0.1, 0.15) is 17.2 Å². The molecular weight excluding hydrogens is 304 g/mol. The highest BCUT2D eigenvalue weighted by molar-refractivity contribution is 7.98. The van der Waals surface area contributed by atoms with Gasteiger partial charge in [-0.2, -0.15) is 0 Å². The zero-order valence-corrected chi connectivity index (χ0v) is 13.3. The molecule has 8 heteroatoms. The molecule has 0 unspecified atom stereocenters. The van der Waals surface area contributed by atoms with E-state index >= 15 is 0 Å². The van der Waals surface area contributed by atoms with Crippen molar-refractivity contribution in [3.8, 4) is 0 Å². The fourth-order valence-electron chi connectivity index (χ4n) is 1.96. The van der Waals surface area contributed by atoms with Crippen molar-refractivity contribution in [3.63, 3.8) is 0 Å². The Bertz CT molecular complexity index is 765. The third kappa shape index (κ3) is 3.12.